The van der Waals surface area contributed by atoms with Gasteiger partial charge in [-0.2, -0.15) is 0 Å². The van der Waals surface area contributed by atoms with Crippen molar-refractivity contribution < 1.29 is 4.74 Å². The maximum atomic E-state index is 4.25. The Morgan fingerprint density at radius 1 is 0.710 bits per heavy atom. The van der Waals surface area contributed by atoms with Gasteiger partial charge in [-0.25, -0.2) is 0 Å². The molecule has 1 atom stereocenters. The van der Waals surface area contributed by atoms with E-state index < -0.39 is 0 Å². The van der Waals surface area contributed by atoms with Crippen LogP contribution in [0.25, 0.3) is 11.1 Å². The van der Waals surface area contributed by atoms with Crippen molar-refractivity contribution in [2.24, 2.45) is 0 Å². The van der Waals surface area contributed by atoms with Gasteiger partial charge in [0.25, 0.3) is 0 Å². The van der Waals surface area contributed by atoms with Gasteiger partial charge >= 0.3 is 0 Å². The van der Waals surface area contributed by atoms with Gasteiger partial charge in [0.05, 0.1) is 0 Å². The highest BCUT2D eigenvalue weighted by molar-refractivity contribution is 5.69. The molecule has 0 aliphatic rings. The van der Waals surface area contributed by atoms with E-state index in [1.165, 1.54) is 46.5 Å². The van der Waals surface area contributed by atoms with E-state index in [1.54, 1.807) is 14.2 Å². The number of hydrogen-bond donors (Lipinski definition) is 0. The van der Waals surface area contributed by atoms with Crippen molar-refractivity contribution >= 4 is 11.4 Å². The number of benzene rings is 3. The highest BCUT2D eigenvalue weighted by atomic mass is 16.4. The van der Waals surface area contributed by atoms with Gasteiger partial charge in [0.15, 0.2) is 0 Å². The molecule has 0 N–H and O–H groups in total. The quantitative estimate of drug-likeness (QED) is 0.410. The van der Waals surface area contributed by atoms with Crippen LogP contribution < -0.4 is 4.90 Å². The lowest BCUT2D eigenvalue weighted by Crippen LogP contribution is -2.09. The lowest BCUT2D eigenvalue weighted by Gasteiger charge is -2.21. The van der Waals surface area contributed by atoms with E-state index in [1.807, 2.05) is 0 Å². The van der Waals surface area contributed by atoms with Crippen LogP contribution >= 0.6 is 0 Å². The Balaban J connectivity index is 0.000000720. The van der Waals surface area contributed by atoms with Gasteiger partial charge in [-0.15, -0.1) is 0 Å². The second kappa shape index (κ2) is 14.4. The average Bonchev–Trinajstić information content (AvgIpc) is 2.80. The number of nitrogens with zero attached hydrogens (tertiary/aromatic N) is 1. The predicted octanol–water partition coefficient (Wildman–Crippen LogP) is 8.62. The van der Waals surface area contributed by atoms with Gasteiger partial charge in [-0.1, -0.05) is 88.2 Å². The summed E-state index contributed by atoms with van der Waals surface area (Å²) >= 11 is 0. The molecule has 168 valence electrons. The highest BCUT2D eigenvalue weighted by Gasteiger charge is 2.07. The molecular formula is C29H41NO. The molecule has 0 saturated carbocycles. The predicted molar refractivity (Wildman–Crippen MR) is 139 cm³/mol. The minimum absolute atomic E-state index is 0.619. The largest absolute Gasteiger partial charge is 0.388 e. The van der Waals surface area contributed by atoms with E-state index in [0.717, 1.165) is 0 Å². The third-order valence-electron chi connectivity index (χ3n) is 5.10. The van der Waals surface area contributed by atoms with Crippen LogP contribution in [-0.2, 0) is 4.74 Å². The lowest BCUT2D eigenvalue weighted by atomic mass is 9.98. The van der Waals surface area contributed by atoms with Crippen molar-refractivity contribution in [2.75, 3.05) is 26.2 Å². The first-order valence-corrected chi connectivity index (χ1v) is 11.3. The number of ether oxygens (including phenoxy) is 1. The Labute approximate surface area is 190 Å². The summed E-state index contributed by atoms with van der Waals surface area (Å²) in [6.45, 7) is 10.9. The van der Waals surface area contributed by atoms with E-state index >= 15 is 0 Å². The topological polar surface area (TPSA) is 12.5 Å². The van der Waals surface area contributed by atoms with Gasteiger partial charge in [0, 0.05) is 32.6 Å². The molecule has 31 heavy (non-hydrogen) atoms. The van der Waals surface area contributed by atoms with Crippen LogP contribution in [0.15, 0.2) is 72.8 Å². The van der Waals surface area contributed by atoms with E-state index in [4.69, 9.17) is 0 Å². The van der Waals surface area contributed by atoms with E-state index in [0.29, 0.717) is 5.92 Å². The molecule has 0 radical (unpaired) electrons. The Kier molecular flexibility index (Phi) is 12.3. The van der Waals surface area contributed by atoms with Crippen molar-refractivity contribution in [3.8, 4) is 11.1 Å². The molecule has 0 aliphatic heterocycles. The second-order valence-corrected chi connectivity index (χ2v) is 7.99. The molecule has 0 spiro atoms. The average molecular weight is 420 g/mol. The number of anilines is 2. The lowest BCUT2D eigenvalue weighted by molar-refractivity contribution is 0.277. The number of methoxy groups -OCH3 is 1. The second-order valence-electron chi connectivity index (χ2n) is 7.99. The fraction of sp³-hybridized carbons (Fsp3) is 0.379. The first kappa shape index (κ1) is 26.5. The zero-order valence-electron chi connectivity index (χ0n) is 20.8. The normalized spacial score (nSPS) is 10.8. The molecule has 1 unspecified atom stereocenters. The fourth-order valence-electron chi connectivity index (χ4n) is 3.03. The molecule has 0 amide bonds. The van der Waals surface area contributed by atoms with E-state index in [9.17, 15) is 0 Å². The number of hydrogen-bond acceptors (Lipinski definition) is 2. The van der Waals surface area contributed by atoms with E-state index in [2.05, 4.69) is 124 Å². The van der Waals surface area contributed by atoms with Gasteiger partial charge in [-0.3, -0.25) is 0 Å². The molecular weight excluding hydrogens is 378 g/mol. The minimum atomic E-state index is 0.619. The minimum Gasteiger partial charge on any atom is -0.388 e. The van der Waals surface area contributed by atoms with Crippen molar-refractivity contribution in [2.45, 2.75) is 53.4 Å². The van der Waals surface area contributed by atoms with Gasteiger partial charge in [-0.05, 0) is 60.2 Å². The molecule has 0 bridgehead atoms. The Morgan fingerprint density at radius 2 is 1.06 bits per heavy atom. The summed E-state index contributed by atoms with van der Waals surface area (Å²) in [5, 5.41) is 0. The zero-order valence-corrected chi connectivity index (χ0v) is 20.8. The SMILES string of the molecule is CCC.CCC(C)c1ccc(N(C)c2ccc(-c3ccc(C)cc3)cc2)cc1.COC. The summed E-state index contributed by atoms with van der Waals surface area (Å²) in [5.41, 5.74) is 7.64. The standard InChI is InChI=1S/C24H27N.C3H8.C2H6O/c1-5-19(3)20-10-14-23(15-11-20)25(4)24-16-12-22(13-17-24)21-8-6-18(2)7-9-21;2*1-3-2/h6-17,19H,5H2,1-4H3;3H2,1-2H3;1-2H3. The van der Waals surface area contributed by atoms with Crippen LogP contribution in [0.2, 0.25) is 0 Å². The summed E-state index contributed by atoms with van der Waals surface area (Å²) in [5.74, 6) is 0.619. The summed E-state index contributed by atoms with van der Waals surface area (Å²) in [4.78, 5) is 2.24. The number of aryl methyl sites for hydroxylation is 1. The van der Waals surface area contributed by atoms with Crippen LogP contribution in [0, 0.1) is 6.92 Å². The first-order valence-electron chi connectivity index (χ1n) is 11.3. The molecule has 2 nitrogen and oxygen atoms in total. The third kappa shape index (κ3) is 8.59. The summed E-state index contributed by atoms with van der Waals surface area (Å²) < 4.78 is 4.25. The highest BCUT2D eigenvalue weighted by Crippen LogP contribution is 2.28. The Bertz CT molecular complexity index is 833. The van der Waals surface area contributed by atoms with Crippen LogP contribution in [0.1, 0.15) is 57.6 Å². The van der Waals surface area contributed by atoms with Crippen molar-refractivity contribution in [3.05, 3.63) is 83.9 Å². The summed E-state index contributed by atoms with van der Waals surface area (Å²) in [6.07, 6.45) is 2.43. The molecule has 3 rings (SSSR count). The summed E-state index contributed by atoms with van der Waals surface area (Å²) in [7, 11) is 5.37. The molecule has 0 saturated heterocycles. The Hall–Kier alpha value is -2.58. The van der Waals surface area contributed by atoms with Crippen LogP contribution in [0.5, 0.6) is 0 Å². The molecule has 0 aliphatic carbocycles. The van der Waals surface area contributed by atoms with Gasteiger partial charge in [0.1, 0.15) is 0 Å². The Morgan fingerprint density at radius 3 is 1.45 bits per heavy atom. The molecule has 3 aromatic rings. The molecule has 3 aromatic carbocycles. The monoisotopic (exact) mass is 419 g/mol. The van der Waals surface area contributed by atoms with Crippen molar-refractivity contribution in [1.82, 2.24) is 0 Å². The number of rotatable bonds is 5. The smallest absolute Gasteiger partial charge is 0.0408 e. The fourth-order valence-corrected chi connectivity index (χ4v) is 3.03. The maximum Gasteiger partial charge on any atom is 0.0408 e. The molecule has 2 heteroatoms. The zero-order chi connectivity index (χ0) is 23.2. The van der Waals surface area contributed by atoms with Gasteiger partial charge in [0.2, 0.25) is 0 Å². The maximum absolute atomic E-state index is 4.25. The summed E-state index contributed by atoms with van der Waals surface area (Å²) in [6, 6.07) is 26.4. The van der Waals surface area contributed by atoms with Crippen LogP contribution in [-0.4, -0.2) is 21.3 Å². The van der Waals surface area contributed by atoms with Crippen molar-refractivity contribution in [3.63, 3.8) is 0 Å². The van der Waals surface area contributed by atoms with E-state index in [-0.39, 0.29) is 0 Å². The van der Waals surface area contributed by atoms with Crippen LogP contribution in [0.3, 0.4) is 0 Å². The third-order valence-corrected chi connectivity index (χ3v) is 5.10. The molecule has 0 heterocycles. The van der Waals surface area contributed by atoms with Crippen molar-refractivity contribution in [1.29, 1.82) is 0 Å². The van der Waals surface area contributed by atoms with Crippen LogP contribution in [0.4, 0.5) is 11.4 Å². The molecule has 0 fully saturated rings. The molecule has 0 aromatic heterocycles. The van der Waals surface area contributed by atoms with Gasteiger partial charge < -0.3 is 9.64 Å². The first-order chi connectivity index (χ1) is 14.9.